The summed E-state index contributed by atoms with van der Waals surface area (Å²) >= 11 is 0. The summed E-state index contributed by atoms with van der Waals surface area (Å²) in [6.45, 7) is 5.20. The first kappa shape index (κ1) is 20.0. The van der Waals surface area contributed by atoms with Crippen molar-refractivity contribution >= 4 is 18.0 Å². The van der Waals surface area contributed by atoms with Crippen LogP contribution < -0.4 is 10.6 Å². The van der Waals surface area contributed by atoms with Gasteiger partial charge in [0.25, 0.3) is 0 Å². The first-order valence-corrected chi connectivity index (χ1v) is 8.49. The molecule has 0 radical (unpaired) electrons. The van der Waals surface area contributed by atoms with Crippen molar-refractivity contribution in [1.29, 1.82) is 0 Å². The zero-order valence-corrected chi connectivity index (χ0v) is 14.7. The fourth-order valence-corrected chi connectivity index (χ4v) is 2.40. The van der Waals surface area contributed by atoms with Gasteiger partial charge in [0, 0.05) is 18.2 Å². The van der Waals surface area contributed by atoms with E-state index in [9.17, 15) is 14.4 Å². The van der Waals surface area contributed by atoms with E-state index >= 15 is 0 Å². The summed E-state index contributed by atoms with van der Waals surface area (Å²) in [6, 6.07) is -0.349. The Kier molecular flexibility index (Phi) is 8.89. The maximum absolute atomic E-state index is 11.8. The first-order chi connectivity index (χ1) is 11.4. The van der Waals surface area contributed by atoms with Gasteiger partial charge >= 0.3 is 18.0 Å². The van der Waals surface area contributed by atoms with Crippen LogP contribution in [0.25, 0.3) is 0 Å². The number of carbonyl (C=O) groups is 3. The van der Waals surface area contributed by atoms with E-state index < -0.39 is 11.9 Å². The summed E-state index contributed by atoms with van der Waals surface area (Å²) < 4.78 is 9.83. The molecule has 0 bridgehead atoms. The van der Waals surface area contributed by atoms with Gasteiger partial charge in [-0.05, 0) is 33.6 Å². The number of carbonyl (C=O) groups excluding carboxylic acids is 3. The third-order valence-corrected chi connectivity index (χ3v) is 3.50. The van der Waals surface area contributed by atoms with Crippen LogP contribution in [0.15, 0.2) is 12.2 Å². The highest BCUT2D eigenvalue weighted by Crippen LogP contribution is 2.17. The maximum atomic E-state index is 11.8. The predicted molar refractivity (Wildman–Crippen MR) is 89.3 cm³/mol. The quantitative estimate of drug-likeness (QED) is 0.546. The minimum absolute atomic E-state index is 0.0283. The summed E-state index contributed by atoms with van der Waals surface area (Å²) in [5, 5.41) is 5.66. The number of hydrogen-bond acceptors (Lipinski definition) is 5. The third-order valence-electron chi connectivity index (χ3n) is 3.50. The Balaban J connectivity index is 2.20. The monoisotopic (exact) mass is 340 g/mol. The number of esters is 2. The van der Waals surface area contributed by atoms with E-state index in [1.165, 1.54) is 6.42 Å². The Morgan fingerprint density at radius 1 is 1.04 bits per heavy atom. The molecule has 0 saturated heterocycles. The molecule has 0 aromatic heterocycles. The Morgan fingerprint density at radius 2 is 1.67 bits per heavy atom. The molecule has 7 heteroatoms. The molecule has 0 aromatic carbocycles. The van der Waals surface area contributed by atoms with Gasteiger partial charge in [-0.1, -0.05) is 19.3 Å². The normalized spacial score (nSPS) is 16.7. The highest BCUT2D eigenvalue weighted by molar-refractivity contribution is 5.91. The summed E-state index contributed by atoms with van der Waals surface area (Å²) in [6.07, 6.45) is 7.32. The van der Waals surface area contributed by atoms with Gasteiger partial charge in [-0.15, -0.1) is 0 Å². The topological polar surface area (TPSA) is 93.7 Å². The van der Waals surface area contributed by atoms with Crippen molar-refractivity contribution in [3.05, 3.63) is 12.2 Å². The zero-order chi connectivity index (χ0) is 17.9. The zero-order valence-electron chi connectivity index (χ0n) is 14.7. The average molecular weight is 340 g/mol. The lowest BCUT2D eigenvalue weighted by Crippen LogP contribution is -2.47. The summed E-state index contributed by atoms with van der Waals surface area (Å²) in [5.74, 6) is -1.25. The lowest BCUT2D eigenvalue weighted by atomic mass is 9.96. The van der Waals surface area contributed by atoms with Crippen molar-refractivity contribution in [2.45, 2.75) is 71.1 Å². The first-order valence-electron chi connectivity index (χ1n) is 8.49. The maximum Gasteiger partial charge on any atom is 0.331 e. The van der Waals surface area contributed by atoms with Crippen LogP contribution in [0.2, 0.25) is 0 Å². The molecule has 1 aliphatic carbocycles. The molecule has 1 saturated carbocycles. The minimum Gasteiger partial charge on any atom is -0.460 e. The van der Waals surface area contributed by atoms with Crippen molar-refractivity contribution in [2.24, 2.45) is 0 Å². The lowest BCUT2D eigenvalue weighted by molar-refractivity contribution is -0.143. The van der Waals surface area contributed by atoms with Crippen molar-refractivity contribution in [2.75, 3.05) is 6.61 Å². The predicted octanol–water partition coefficient (Wildman–Crippen LogP) is 2.06. The fraction of sp³-hybridized carbons (Fsp3) is 0.706. The molecule has 2 N–H and O–H groups in total. The fourth-order valence-electron chi connectivity index (χ4n) is 2.40. The standard InChI is InChI=1S/C17H28N2O5/c1-12(2)24-16(21)10-9-15(20)23-11-13(3)18-17(22)19-14-7-5-4-6-8-14/h9-10,12-14H,4-8,11H2,1-3H3,(H2,18,19,22). The second-order valence-electron chi connectivity index (χ2n) is 6.30. The van der Waals surface area contributed by atoms with Crippen molar-refractivity contribution in [3.8, 4) is 0 Å². The second-order valence-corrected chi connectivity index (χ2v) is 6.30. The molecule has 1 atom stereocenters. The molecule has 0 heterocycles. The molecule has 2 amide bonds. The van der Waals surface area contributed by atoms with Gasteiger partial charge in [-0.2, -0.15) is 0 Å². The van der Waals surface area contributed by atoms with Crippen LogP contribution in [0.3, 0.4) is 0 Å². The average Bonchev–Trinajstić information content (AvgIpc) is 2.51. The van der Waals surface area contributed by atoms with Gasteiger partial charge < -0.3 is 20.1 Å². The Bertz CT molecular complexity index is 456. The van der Waals surface area contributed by atoms with Crippen molar-refractivity contribution in [3.63, 3.8) is 0 Å². The number of urea groups is 1. The van der Waals surface area contributed by atoms with Crippen molar-refractivity contribution in [1.82, 2.24) is 10.6 Å². The lowest BCUT2D eigenvalue weighted by Gasteiger charge is -2.24. The second kappa shape index (κ2) is 10.7. The van der Waals surface area contributed by atoms with Gasteiger partial charge in [0.05, 0.1) is 12.1 Å². The number of hydrogen-bond donors (Lipinski definition) is 2. The largest absolute Gasteiger partial charge is 0.460 e. The molecule has 0 spiro atoms. The van der Waals surface area contributed by atoms with Crippen LogP contribution in [0.5, 0.6) is 0 Å². The van der Waals surface area contributed by atoms with E-state index in [0.29, 0.717) is 0 Å². The Labute approximate surface area is 143 Å². The van der Waals surface area contributed by atoms with Gasteiger partial charge in [0.1, 0.15) is 6.61 Å². The van der Waals surface area contributed by atoms with Crippen LogP contribution in [-0.4, -0.2) is 42.8 Å². The minimum atomic E-state index is -0.656. The van der Waals surface area contributed by atoms with Gasteiger partial charge in [0.2, 0.25) is 0 Å². The molecular weight excluding hydrogens is 312 g/mol. The Morgan fingerprint density at radius 3 is 2.29 bits per heavy atom. The summed E-state index contributed by atoms with van der Waals surface area (Å²) in [7, 11) is 0. The molecule has 1 unspecified atom stereocenters. The van der Waals surface area contributed by atoms with E-state index in [1.54, 1.807) is 20.8 Å². The molecule has 1 rings (SSSR count). The SMILES string of the molecule is CC(COC(=O)C=CC(=O)OC(C)C)NC(=O)NC1CCCCC1. The van der Waals surface area contributed by atoms with Crippen molar-refractivity contribution < 1.29 is 23.9 Å². The number of ether oxygens (including phenoxy) is 2. The molecule has 0 aliphatic heterocycles. The highest BCUT2D eigenvalue weighted by atomic mass is 16.5. The van der Waals surface area contributed by atoms with Gasteiger partial charge in [0.15, 0.2) is 0 Å². The molecule has 24 heavy (non-hydrogen) atoms. The number of amides is 2. The van der Waals surface area contributed by atoms with E-state index in [1.807, 2.05) is 0 Å². The Hall–Kier alpha value is -2.05. The molecule has 136 valence electrons. The van der Waals surface area contributed by atoms with Crippen LogP contribution in [-0.2, 0) is 19.1 Å². The molecular formula is C17H28N2O5. The molecule has 1 fully saturated rings. The molecule has 0 aromatic rings. The number of rotatable bonds is 7. The summed E-state index contributed by atoms with van der Waals surface area (Å²) in [4.78, 5) is 34.6. The van der Waals surface area contributed by atoms with E-state index in [0.717, 1.165) is 37.8 Å². The summed E-state index contributed by atoms with van der Waals surface area (Å²) in [5.41, 5.74) is 0. The molecule has 1 aliphatic rings. The highest BCUT2D eigenvalue weighted by Gasteiger charge is 2.17. The number of nitrogens with one attached hydrogen (secondary N) is 2. The van der Waals surface area contributed by atoms with Crippen LogP contribution >= 0.6 is 0 Å². The smallest absolute Gasteiger partial charge is 0.331 e. The molecule has 7 nitrogen and oxygen atoms in total. The third kappa shape index (κ3) is 9.17. The van der Waals surface area contributed by atoms with Crippen LogP contribution in [0, 0.1) is 0 Å². The van der Waals surface area contributed by atoms with E-state index in [4.69, 9.17) is 9.47 Å². The van der Waals surface area contributed by atoms with E-state index in [-0.39, 0.29) is 30.8 Å². The van der Waals surface area contributed by atoms with Gasteiger partial charge in [-0.25, -0.2) is 14.4 Å². The van der Waals surface area contributed by atoms with Gasteiger partial charge in [-0.3, -0.25) is 0 Å². The van der Waals surface area contributed by atoms with E-state index in [2.05, 4.69) is 10.6 Å². The van der Waals surface area contributed by atoms with Crippen LogP contribution in [0.1, 0.15) is 52.9 Å². The van der Waals surface area contributed by atoms with Crippen LogP contribution in [0.4, 0.5) is 4.79 Å².